The number of hydrogen-bond acceptors (Lipinski definition) is 3. The predicted molar refractivity (Wildman–Crippen MR) is 63.0 cm³/mol. The molecule has 1 aromatic rings. The van der Waals surface area contributed by atoms with Gasteiger partial charge in [-0.05, 0) is 25.3 Å². The Kier molecular flexibility index (Phi) is 3.80. The smallest absolute Gasteiger partial charge is 0.0716 e. The van der Waals surface area contributed by atoms with Crippen LogP contribution in [0, 0.1) is 0 Å². The number of aliphatic hydroxyl groups excluding tert-OH is 1. The second-order valence-corrected chi connectivity index (χ2v) is 3.79. The van der Waals surface area contributed by atoms with Crippen LogP contribution in [0.4, 0.5) is 0 Å². The zero-order valence-corrected chi connectivity index (χ0v) is 9.22. The van der Waals surface area contributed by atoms with Crippen molar-refractivity contribution < 1.29 is 19.1 Å². The molecule has 16 heavy (non-hydrogen) atoms. The summed E-state index contributed by atoms with van der Waals surface area (Å²) in [6.07, 6.45) is -0.213. The standard InChI is InChI=1S/C13H20O3/c1-13(15,7-9-14)8-10-16-11-12-5-3-2-4-6-12/h2-6,14-15H,7-11H2,1H3/i1D3. The molecule has 1 atom stereocenters. The molecule has 0 saturated carbocycles. The Balaban J connectivity index is 2.41. The van der Waals surface area contributed by atoms with Crippen LogP contribution >= 0.6 is 0 Å². The Bertz CT molecular complexity index is 367. The zero-order chi connectivity index (χ0) is 14.4. The summed E-state index contributed by atoms with van der Waals surface area (Å²) in [5, 5.41) is 18.9. The summed E-state index contributed by atoms with van der Waals surface area (Å²) in [5.74, 6) is 0. The molecule has 0 aliphatic carbocycles. The van der Waals surface area contributed by atoms with E-state index in [9.17, 15) is 5.11 Å². The molecule has 0 amide bonds. The van der Waals surface area contributed by atoms with Gasteiger partial charge in [0.25, 0.3) is 0 Å². The minimum absolute atomic E-state index is 0.0309. The third-order valence-electron chi connectivity index (χ3n) is 2.30. The van der Waals surface area contributed by atoms with Crippen molar-refractivity contribution in [3.05, 3.63) is 35.9 Å². The van der Waals surface area contributed by atoms with E-state index in [-0.39, 0.29) is 26.1 Å². The lowest BCUT2D eigenvalue weighted by molar-refractivity contribution is -0.00593. The van der Waals surface area contributed by atoms with E-state index in [1.54, 1.807) is 0 Å². The first-order chi connectivity index (χ1) is 8.89. The van der Waals surface area contributed by atoms with Crippen molar-refractivity contribution in [3.8, 4) is 0 Å². The normalized spacial score (nSPS) is 18.2. The van der Waals surface area contributed by atoms with Gasteiger partial charge in [0.2, 0.25) is 0 Å². The highest BCUT2D eigenvalue weighted by Crippen LogP contribution is 2.14. The van der Waals surface area contributed by atoms with Crippen LogP contribution in [0.3, 0.4) is 0 Å². The zero-order valence-electron chi connectivity index (χ0n) is 12.2. The fraction of sp³-hybridized carbons (Fsp3) is 0.538. The third-order valence-corrected chi connectivity index (χ3v) is 2.30. The number of ether oxygens (including phenoxy) is 1. The van der Waals surface area contributed by atoms with E-state index in [1.165, 1.54) is 0 Å². The largest absolute Gasteiger partial charge is 0.396 e. The number of hydrogen-bond donors (Lipinski definition) is 2. The molecule has 0 radical (unpaired) electrons. The molecule has 1 rings (SSSR count). The molecule has 2 N–H and O–H groups in total. The third kappa shape index (κ3) is 5.26. The van der Waals surface area contributed by atoms with Gasteiger partial charge in [-0.2, -0.15) is 0 Å². The van der Waals surface area contributed by atoms with Crippen molar-refractivity contribution in [2.24, 2.45) is 0 Å². The van der Waals surface area contributed by atoms with Crippen LogP contribution in [0.2, 0.25) is 0 Å². The maximum atomic E-state index is 10.0. The van der Waals surface area contributed by atoms with E-state index in [2.05, 4.69) is 0 Å². The Morgan fingerprint density at radius 2 is 2.06 bits per heavy atom. The van der Waals surface area contributed by atoms with Crippen LogP contribution in [-0.4, -0.2) is 29.0 Å². The molecule has 0 bridgehead atoms. The molecule has 0 aromatic heterocycles. The van der Waals surface area contributed by atoms with Gasteiger partial charge in [-0.1, -0.05) is 30.3 Å². The Morgan fingerprint density at radius 3 is 2.69 bits per heavy atom. The van der Waals surface area contributed by atoms with E-state index in [1.807, 2.05) is 30.3 Å². The summed E-state index contributed by atoms with van der Waals surface area (Å²) in [4.78, 5) is 0. The molecule has 0 heterocycles. The molecular weight excluding hydrogens is 204 g/mol. The fourth-order valence-corrected chi connectivity index (χ4v) is 1.32. The molecule has 0 saturated heterocycles. The first-order valence-corrected chi connectivity index (χ1v) is 5.34. The van der Waals surface area contributed by atoms with Gasteiger partial charge in [0.05, 0.1) is 12.2 Å². The van der Waals surface area contributed by atoms with E-state index < -0.39 is 12.5 Å². The number of benzene rings is 1. The lowest BCUT2D eigenvalue weighted by Crippen LogP contribution is -2.27. The maximum absolute atomic E-state index is 10.0. The molecular formula is C13H20O3. The molecule has 0 spiro atoms. The fourth-order valence-electron chi connectivity index (χ4n) is 1.32. The van der Waals surface area contributed by atoms with Gasteiger partial charge in [-0.25, -0.2) is 0 Å². The van der Waals surface area contributed by atoms with Crippen LogP contribution in [0.25, 0.3) is 0 Å². The minimum Gasteiger partial charge on any atom is -0.396 e. The van der Waals surface area contributed by atoms with Crippen LogP contribution < -0.4 is 0 Å². The average molecular weight is 227 g/mol. The molecule has 3 heteroatoms. The summed E-state index contributed by atoms with van der Waals surface area (Å²) >= 11 is 0. The molecule has 90 valence electrons. The van der Waals surface area contributed by atoms with Gasteiger partial charge in [0.15, 0.2) is 0 Å². The topological polar surface area (TPSA) is 49.7 Å². The lowest BCUT2D eigenvalue weighted by atomic mass is 9.99. The Labute approximate surface area is 101 Å². The van der Waals surface area contributed by atoms with Gasteiger partial charge in [0.1, 0.15) is 0 Å². The van der Waals surface area contributed by atoms with Crippen LogP contribution in [0.5, 0.6) is 0 Å². The van der Waals surface area contributed by atoms with Gasteiger partial charge in [0, 0.05) is 17.3 Å². The summed E-state index contributed by atoms with van der Waals surface area (Å²) in [7, 11) is 0. The van der Waals surface area contributed by atoms with Crippen molar-refractivity contribution in [1.82, 2.24) is 0 Å². The molecule has 3 nitrogen and oxygen atoms in total. The first-order valence-electron chi connectivity index (χ1n) is 6.84. The van der Waals surface area contributed by atoms with Gasteiger partial charge < -0.3 is 14.9 Å². The van der Waals surface area contributed by atoms with Crippen molar-refractivity contribution in [1.29, 1.82) is 0 Å². The van der Waals surface area contributed by atoms with E-state index >= 15 is 0 Å². The van der Waals surface area contributed by atoms with E-state index in [0.717, 1.165) is 5.56 Å². The molecule has 0 fully saturated rings. The molecule has 0 aliphatic rings. The van der Waals surface area contributed by atoms with E-state index in [4.69, 9.17) is 14.0 Å². The lowest BCUT2D eigenvalue weighted by Gasteiger charge is -2.21. The summed E-state index contributed by atoms with van der Waals surface area (Å²) in [6, 6.07) is 9.50. The molecule has 0 aliphatic heterocycles. The highest BCUT2D eigenvalue weighted by Gasteiger charge is 2.18. The van der Waals surface area contributed by atoms with Crippen molar-refractivity contribution >= 4 is 0 Å². The van der Waals surface area contributed by atoms with Crippen LogP contribution in [0.1, 0.15) is 29.4 Å². The maximum Gasteiger partial charge on any atom is 0.0716 e. The number of rotatable bonds is 7. The summed E-state index contributed by atoms with van der Waals surface area (Å²) in [5.41, 5.74) is -0.902. The molecule has 1 unspecified atom stereocenters. The average Bonchev–Trinajstić information content (AvgIpc) is 2.35. The van der Waals surface area contributed by atoms with Crippen molar-refractivity contribution in [3.63, 3.8) is 0 Å². The summed E-state index contributed by atoms with van der Waals surface area (Å²) < 4.78 is 27.3. The number of aliphatic hydroxyl groups is 2. The summed E-state index contributed by atoms with van der Waals surface area (Å²) in [6.45, 7) is -2.39. The van der Waals surface area contributed by atoms with Gasteiger partial charge in [-0.3, -0.25) is 0 Å². The highest BCUT2D eigenvalue weighted by atomic mass is 16.5. The Morgan fingerprint density at radius 1 is 1.31 bits per heavy atom. The second kappa shape index (κ2) is 6.63. The second-order valence-electron chi connectivity index (χ2n) is 3.79. The van der Waals surface area contributed by atoms with Gasteiger partial charge >= 0.3 is 0 Å². The highest BCUT2D eigenvalue weighted by molar-refractivity contribution is 5.13. The van der Waals surface area contributed by atoms with Crippen molar-refractivity contribution in [2.45, 2.75) is 31.9 Å². The predicted octanol–water partition coefficient (Wildman–Crippen LogP) is 1.73. The van der Waals surface area contributed by atoms with Crippen LogP contribution in [-0.2, 0) is 11.3 Å². The molecule has 1 aromatic carbocycles. The van der Waals surface area contributed by atoms with E-state index in [0.29, 0.717) is 6.61 Å². The van der Waals surface area contributed by atoms with Crippen molar-refractivity contribution in [2.75, 3.05) is 13.2 Å². The SMILES string of the molecule is [2H]C([2H])([2H])C(O)(CCO)CCOCc1ccccc1. The van der Waals surface area contributed by atoms with Crippen LogP contribution in [0.15, 0.2) is 30.3 Å². The minimum atomic E-state index is -2.52. The monoisotopic (exact) mass is 227 g/mol. The quantitative estimate of drug-likeness (QED) is 0.697. The Hall–Kier alpha value is -0.900. The van der Waals surface area contributed by atoms with Gasteiger partial charge in [-0.15, -0.1) is 0 Å². The first kappa shape index (κ1) is 9.16.